The van der Waals surface area contributed by atoms with Gasteiger partial charge in [-0.2, -0.15) is 0 Å². The number of benzene rings is 1. The summed E-state index contributed by atoms with van der Waals surface area (Å²) >= 11 is 0. The Hall–Kier alpha value is -3.16. The van der Waals surface area contributed by atoms with E-state index in [1.807, 2.05) is 13.8 Å². The molecule has 0 fully saturated rings. The predicted molar refractivity (Wildman–Crippen MR) is 119 cm³/mol. The number of halogens is 1. The summed E-state index contributed by atoms with van der Waals surface area (Å²) in [6, 6.07) is 5.63. The molecule has 0 saturated heterocycles. The van der Waals surface area contributed by atoms with Gasteiger partial charge in [0.05, 0.1) is 18.7 Å². The normalized spacial score (nSPS) is 12.2. The van der Waals surface area contributed by atoms with Gasteiger partial charge in [0.25, 0.3) is 0 Å². The largest absolute Gasteiger partial charge is 0.491 e. The van der Waals surface area contributed by atoms with Crippen LogP contribution in [0.2, 0.25) is 0 Å². The molecule has 0 radical (unpaired) electrons. The van der Waals surface area contributed by atoms with Gasteiger partial charge in [-0.3, -0.25) is 4.98 Å². The first-order chi connectivity index (χ1) is 15.0. The molecule has 2 aromatic rings. The first-order valence-corrected chi connectivity index (χ1v) is 10.4. The topological polar surface area (TPSA) is 86.8 Å². The van der Waals surface area contributed by atoms with Crippen molar-refractivity contribution in [2.24, 2.45) is 5.92 Å². The summed E-state index contributed by atoms with van der Waals surface area (Å²) < 4.78 is 30.7. The summed E-state index contributed by atoms with van der Waals surface area (Å²) in [5, 5.41) is 2.82. The monoisotopic (exact) mass is 446 g/mol. The number of esters is 1. The van der Waals surface area contributed by atoms with Crippen molar-refractivity contribution < 1.29 is 28.2 Å². The van der Waals surface area contributed by atoms with Crippen LogP contribution in [0.15, 0.2) is 36.7 Å². The molecular formula is C24H31FN2O5. The lowest BCUT2D eigenvalue weighted by atomic mass is 10.0. The number of hydrogen-bond donors (Lipinski definition) is 1. The molecule has 0 bridgehead atoms. The van der Waals surface area contributed by atoms with E-state index in [0.29, 0.717) is 23.7 Å². The van der Waals surface area contributed by atoms with E-state index in [1.165, 1.54) is 31.6 Å². The lowest BCUT2D eigenvalue weighted by molar-refractivity contribution is 0.0479. The first kappa shape index (κ1) is 25.1. The highest BCUT2D eigenvalue weighted by molar-refractivity contribution is 5.96. The number of methoxy groups -OCH3 is 1. The molecule has 174 valence electrons. The third-order valence-electron chi connectivity index (χ3n) is 4.39. The minimum atomic E-state index is -0.609. The molecule has 1 atom stereocenters. The van der Waals surface area contributed by atoms with Crippen molar-refractivity contribution in [2.45, 2.75) is 52.7 Å². The summed E-state index contributed by atoms with van der Waals surface area (Å²) in [5.41, 5.74) is 0.162. The average molecular weight is 447 g/mol. The minimum Gasteiger partial charge on any atom is -0.491 e. The quantitative estimate of drug-likeness (QED) is 0.575. The maximum Gasteiger partial charge on any atom is 0.407 e. The molecule has 0 aliphatic carbocycles. The van der Waals surface area contributed by atoms with E-state index in [-0.39, 0.29) is 23.8 Å². The molecule has 0 spiro atoms. The average Bonchev–Trinajstić information content (AvgIpc) is 2.69. The summed E-state index contributed by atoms with van der Waals surface area (Å²) in [6.45, 7) is 9.59. The molecule has 1 heterocycles. The van der Waals surface area contributed by atoms with Crippen LogP contribution in [-0.2, 0) is 9.47 Å². The van der Waals surface area contributed by atoms with E-state index in [0.717, 1.165) is 0 Å². The fourth-order valence-electron chi connectivity index (χ4n) is 3.11. The summed E-state index contributed by atoms with van der Waals surface area (Å²) in [5.74, 6) is -0.544. The van der Waals surface area contributed by atoms with Gasteiger partial charge < -0.3 is 19.5 Å². The van der Waals surface area contributed by atoms with Crippen LogP contribution in [0, 0.1) is 11.7 Å². The van der Waals surface area contributed by atoms with E-state index in [9.17, 15) is 14.0 Å². The molecule has 0 aliphatic heterocycles. The highest BCUT2D eigenvalue weighted by Gasteiger charge is 2.21. The maximum absolute atomic E-state index is 14.9. The van der Waals surface area contributed by atoms with Gasteiger partial charge in [0.15, 0.2) is 0 Å². The number of aromatic nitrogens is 1. The van der Waals surface area contributed by atoms with Crippen LogP contribution in [0.4, 0.5) is 9.18 Å². The lowest BCUT2D eigenvalue weighted by Gasteiger charge is -2.24. The molecule has 0 saturated carbocycles. The molecule has 32 heavy (non-hydrogen) atoms. The van der Waals surface area contributed by atoms with Crippen LogP contribution in [0.25, 0.3) is 11.1 Å². The van der Waals surface area contributed by atoms with Crippen molar-refractivity contribution in [3.05, 3.63) is 48.0 Å². The molecule has 1 N–H and O–H groups in total. The van der Waals surface area contributed by atoms with Crippen molar-refractivity contribution in [1.29, 1.82) is 0 Å². The maximum atomic E-state index is 14.9. The number of amides is 1. The Kier molecular flexibility index (Phi) is 8.57. The first-order valence-electron chi connectivity index (χ1n) is 10.4. The highest BCUT2D eigenvalue weighted by atomic mass is 19.1. The second kappa shape index (κ2) is 10.9. The van der Waals surface area contributed by atoms with Crippen molar-refractivity contribution in [3.63, 3.8) is 0 Å². The lowest BCUT2D eigenvalue weighted by Crippen LogP contribution is -2.42. The molecule has 0 unspecified atom stereocenters. The molecular weight excluding hydrogens is 415 g/mol. The standard InChI is InChI=1S/C24H31FN2O5/c1-15(2)11-16(27-23(29)32-24(3,4)5)14-31-17-7-8-19(21(25)12-17)18-9-10-26-13-20(18)22(28)30-6/h7-10,12-13,15-16H,11,14H2,1-6H3,(H,27,29)/t16-/m0/s1. The number of alkyl carbamates (subject to hydrolysis) is 1. The molecule has 1 aromatic heterocycles. The minimum absolute atomic E-state index is 0.152. The second-order valence-electron chi connectivity index (χ2n) is 8.84. The third kappa shape index (κ3) is 7.51. The van der Waals surface area contributed by atoms with E-state index in [2.05, 4.69) is 10.3 Å². The number of nitrogens with one attached hydrogen (secondary N) is 1. The van der Waals surface area contributed by atoms with Crippen molar-refractivity contribution in [1.82, 2.24) is 10.3 Å². The van der Waals surface area contributed by atoms with Gasteiger partial charge in [0.1, 0.15) is 23.8 Å². The Labute approximate surface area is 188 Å². The fourth-order valence-corrected chi connectivity index (χ4v) is 3.11. The highest BCUT2D eigenvalue weighted by Crippen LogP contribution is 2.29. The number of carbonyl (C=O) groups is 2. The van der Waals surface area contributed by atoms with E-state index in [1.54, 1.807) is 32.9 Å². The van der Waals surface area contributed by atoms with Crippen LogP contribution in [0.1, 0.15) is 51.4 Å². The second-order valence-corrected chi connectivity index (χ2v) is 8.84. The Balaban J connectivity index is 2.14. The smallest absolute Gasteiger partial charge is 0.407 e. The van der Waals surface area contributed by atoms with Crippen molar-refractivity contribution in [3.8, 4) is 16.9 Å². The molecule has 2 rings (SSSR count). The summed E-state index contributed by atoms with van der Waals surface area (Å²) in [4.78, 5) is 28.0. The zero-order valence-electron chi connectivity index (χ0n) is 19.4. The summed E-state index contributed by atoms with van der Waals surface area (Å²) in [6.07, 6.45) is 2.95. The predicted octanol–water partition coefficient (Wildman–Crippen LogP) is 4.99. The number of nitrogens with zero attached hydrogens (tertiary/aromatic N) is 1. The molecule has 8 heteroatoms. The van der Waals surface area contributed by atoms with Crippen LogP contribution in [0.3, 0.4) is 0 Å². The van der Waals surface area contributed by atoms with Gasteiger partial charge in [-0.05, 0) is 51.3 Å². The van der Waals surface area contributed by atoms with Crippen LogP contribution in [0.5, 0.6) is 5.75 Å². The zero-order chi connectivity index (χ0) is 23.9. The number of hydrogen-bond acceptors (Lipinski definition) is 6. The molecule has 0 aliphatic rings. The molecule has 7 nitrogen and oxygen atoms in total. The zero-order valence-corrected chi connectivity index (χ0v) is 19.4. The Morgan fingerprint density at radius 2 is 1.88 bits per heavy atom. The van der Waals surface area contributed by atoms with Gasteiger partial charge >= 0.3 is 12.1 Å². The van der Waals surface area contributed by atoms with Gasteiger partial charge in [-0.1, -0.05) is 13.8 Å². The Morgan fingerprint density at radius 1 is 1.16 bits per heavy atom. The number of pyridine rings is 1. The van der Waals surface area contributed by atoms with Gasteiger partial charge in [0.2, 0.25) is 0 Å². The van der Waals surface area contributed by atoms with E-state index < -0.39 is 23.5 Å². The fraction of sp³-hybridized carbons (Fsp3) is 0.458. The molecule has 1 aromatic carbocycles. The SMILES string of the molecule is COC(=O)c1cnccc1-c1ccc(OC[C@H](CC(C)C)NC(=O)OC(C)(C)C)cc1F. The number of rotatable bonds is 8. The van der Waals surface area contributed by atoms with E-state index >= 15 is 0 Å². The third-order valence-corrected chi connectivity index (χ3v) is 4.39. The van der Waals surface area contributed by atoms with Gasteiger partial charge in [0, 0.05) is 29.6 Å². The van der Waals surface area contributed by atoms with Crippen LogP contribution in [-0.4, -0.2) is 42.4 Å². The Bertz CT molecular complexity index is 940. The van der Waals surface area contributed by atoms with Crippen LogP contribution < -0.4 is 10.1 Å². The number of ether oxygens (including phenoxy) is 3. The van der Waals surface area contributed by atoms with Gasteiger partial charge in [-0.25, -0.2) is 14.0 Å². The Morgan fingerprint density at radius 3 is 2.47 bits per heavy atom. The molecule has 1 amide bonds. The van der Waals surface area contributed by atoms with Crippen LogP contribution >= 0.6 is 0 Å². The summed E-state index contributed by atoms with van der Waals surface area (Å²) in [7, 11) is 1.26. The van der Waals surface area contributed by atoms with Crippen molar-refractivity contribution in [2.75, 3.05) is 13.7 Å². The number of carbonyl (C=O) groups excluding carboxylic acids is 2. The van der Waals surface area contributed by atoms with Crippen molar-refractivity contribution >= 4 is 12.1 Å². The van der Waals surface area contributed by atoms with Gasteiger partial charge in [-0.15, -0.1) is 0 Å². The van der Waals surface area contributed by atoms with E-state index in [4.69, 9.17) is 14.2 Å².